The zero-order valence-corrected chi connectivity index (χ0v) is 9.77. The van der Waals surface area contributed by atoms with Crippen molar-refractivity contribution in [2.24, 2.45) is 11.3 Å². The number of carbonyl (C=O) groups excluding carboxylic acids is 1. The first-order chi connectivity index (χ1) is 7.90. The van der Waals surface area contributed by atoms with E-state index in [0.717, 1.165) is 6.42 Å². The predicted octanol–water partition coefficient (Wildman–Crippen LogP) is 2.58. The average molecular weight is 234 g/mol. The molecule has 0 saturated heterocycles. The van der Waals surface area contributed by atoms with Gasteiger partial charge in [-0.2, -0.15) is 0 Å². The molecule has 17 heavy (non-hydrogen) atoms. The molecule has 0 aromatic heterocycles. The van der Waals surface area contributed by atoms with Crippen molar-refractivity contribution in [3.63, 3.8) is 0 Å². The van der Waals surface area contributed by atoms with Crippen LogP contribution in [0.4, 0.5) is 11.4 Å². The molecule has 0 radical (unpaired) electrons. The zero-order chi connectivity index (χ0) is 12.6. The van der Waals surface area contributed by atoms with Gasteiger partial charge in [-0.3, -0.25) is 14.9 Å². The number of amides is 1. The highest BCUT2D eigenvalue weighted by atomic mass is 16.6. The van der Waals surface area contributed by atoms with Gasteiger partial charge in [-0.25, -0.2) is 0 Å². The Morgan fingerprint density at radius 1 is 1.41 bits per heavy atom. The van der Waals surface area contributed by atoms with Crippen LogP contribution in [0.15, 0.2) is 24.3 Å². The summed E-state index contributed by atoms with van der Waals surface area (Å²) < 4.78 is 0. The number of nitrogens with one attached hydrogen (secondary N) is 1. The van der Waals surface area contributed by atoms with Gasteiger partial charge in [0.25, 0.3) is 5.69 Å². The summed E-state index contributed by atoms with van der Waals surface area (Å²) in [6, 6.07) is 5.86. The third-order valence-electron chi connectivity index (χ3n) is 3.18. The maximum atomic E-state index is 11.8. The molecule has 1 amide bonds. The first-order valence-corrected chi connectivity index (χ1v) is 5.45. The number of nitrogens with zero attached hydrogens (tertiary/aromatic N) is 1. The van der Waals surface area contributed by atoms with Crippen LogP contribution in [-0.4, -0.2) is 10.8 Å². The Bertz CT molecular complexity index is 465. The Hall–Kier alpha value is -1.91. The molecule has 2 rings (SSSR count). The molecule has 1 aromatic carbocycles. The van der Waals surface area contributed by atoms with Crippen LogP contribution in [0.1, 0.15) is 20.3 Å². The summed E-state index contributed by atoms with van der Waals surface area (Å²) in [5.74, 6) is 0.0431. The van der Waals surface area contributed by atoms with E-state index in [9.17, 15) is 14.9 Å². The Morgan fingerprint density at radius 3 is 2.35 bits per heavy atom. The molecule has 1 saturated carbocycles. The van der Waals surface area contributed by atoms with E-state index in [1.165, 1.54) is 12.1 Å². The molecule has 1 N–H and O–H groups in total. The summed E-state index contributed by atoms with van der Waals surface area (Å²) >= 11 is 0. The van der Waals surface area contributed by atoms with Gasteiger partial charge in [-0.1, -0.05) is 13.8 Å². The molecule has 0 heterocycles. The molecule has 5 heteroatoms. The average Bonchev–Trinajstić information content (AvgIpc) is 2.89. The molecule has 0 bridgehead atoms. The zero-order valence-electron chi connectivity index (χ0n) is 9.77. The van der Waals surface area contributed by atoms with Gasteiger partial charge < -0.3 is 5.32 Å². The standard InChI is InChI=1S/C12H14N2O3/c1-12(2)7-10(12)11(15)13-8-3-5-9(6-4-8)14(16)17/h3-6,10H,7H2,1-2H3,(H,13,15). The monoisotopic (exact) mass is 234 g/mol. The maximum Gasteiger partial charge on any atom is 0.269 e. The number of benzene rings is 1. The quantitative estimate of drug-likeness (QED) is 0.645. The largest absolute Gasteiger partial charge is 0.326 e. The minimum atomic E-state index is -0.463. The highest BCUT2D eigenvalue weighted by Gasteiger charge is 2.50. The lowest BCUT2D eigenvalue weighted by Gasteiger charge is -2.06. The molecule has 1 aliphatic carbocycles. The van der Waals surface area contributed by atoms with E-state index >= 15 is 0 Å². The molecular weight excluding hydrogens is 220 g/mol. The second-order valence-corrected chi connectivity index (χ2v) is 5.04. The van der Waals surface area contributed by atoms with Crippen LogP contribution in [0.3, 0.4) is 0 Å². The second kappa shape index (κ2) is 3.84. The fourth-order valence-corrected chi connectivity index (χ4v) is 1.81. The van der Waals surface area contributed by atoms with Gasteiger partial charge in [0.05, 0.1) is 4.92 Å². The maximum absolute atomic E-state index is 11.8. The Labute approximate surface area is 99.0 Å². The summed E-state index contributed by atoms with van der Waals surface area (Å²) in [6.45, 7) is 4.10. The number of rotatable bonds is 3. The van der Waals surface area contributed by atoms with E-state index in [2.05, 4.69) is 5.32 Å². The van der Waals surface area contributed by atoms with Crippen LogP contribution in [-0.2, 0) is 4.79 Å². The minimum absolute atomic E-state index is 0.0103. The molecule has 0 aliphatic heterocycles. The highest BCUT2D eigenvalue weighted by Crippen LogP contribution is 2.51. The molecule has 1 aromatic rings. The van der Waals surface area contributed by atoms with E-state index in [0.29, 0.717) is 5.69 Å². The predicted molar refractivity (Wildman–Crippen MR) is 63.6 cm³/mol. The van der Waals surface area contributed by atoms with E-state index < -0.39 is 4.92 Å². The molecule has 5 nitrogen and oxygen atoms in total. The smallest absolute Gasteiger partial charge is 0.269 e. The molecule has 0 spiro atoms. The lowest BCUT2D eigenvalue weighted by Crippen LogP contribution is -2.16. The highest BCUT2D eigenvalue weighted by molar-refractivity contribution is 5.95. The fourth-order valence-electron chi connectivity index (χ4n) is 1.81. The van der Waals surface area contributed by atoms with Crippen molar-refractivity contribution in [2.45, 2.75) is 20.3 Å². The van der Waals surface area contributed by atoms with Crippen molar-refractivity contribution in [3.05, 3.63) is 34.4 Å². The van der Waals surface area contributed by atoms with Gasteiger partial charge in [0.15, 0.2) is 0 Å². The van der Waals surface area contributed by atoms with Crippen LogP contribution in [0.25, 0.3) is 0 Å². The van der Waals surface area contributed by atoms with Gasteiger partial charge >= 0.3 is 0 Å². The van der Waals surface area contributed by atoms with Crippen LogP contribution >= 0.6 is 0 Å². The van der Waals surface area contributed by atoms with E-state index in [1.807, 2.05) is 13.8 Å². The number of non-ortho nitro benzene ring substituents is 1. The number of carbonyl (C=O) groups is 1. The lowest BCUT2D eigenvalue weighted by molar-refractivity contribution is -0.384. The number of anilines is 1. The molecule has 1 unspecified atom stereocenters. The van der Waals surface area contributed by atoms with Crippen LogP contribution < -0.4 is 5.32 Å². The number of nitro benzene ring substituents is 1. The van der Waals surface area contributed by atoms with Crippen molar-refractivity contribution in [3.8, 4) is 0 Å². The molecule has 90 valence electrons. The third-order valence-corrected chi connectivity index (χ3v) is 3.18. The summed E-state index contributed by atoms with van der Waals surface area (Å²) in [5.41, 5.74) is 0.711. The molecule has 1 fully saturated rings. The first kappa shape index (κ1) is 11.6. The summed E-state index contributed by atoms with van der Waals surface area (Å²) in [4.78, 5) is 21.8. The Balaban J connectivity index is 2.00. The normalized spacial score (nSPS) is 20.7. The van der Waals surface area contributed by atoms with Crippen molar-refractivity contribution < 1.29 is 9.72 Å². The van der Waals surface area contributed by atoms with E-state index in [4.69, 9.17) is 0 Å². The fraction of sp³-hybridized carbons (Fsp3) is 0.417. The molecular formula is C12H14N2O3. The Kier molecular flexibility index (Phi) is 2.61. The topological polar surface area (TPSA) is 72.2 Å². The van der Waals surface area contributed by atoms with E-state index in [-0.39, 0.29) is 22.9 Å². The van der Waals surface area contributed by atoms with Gasteiger partial charge in [0.1, 0.15) is 0 Å². The lowest BCUT2D eigenvalue weighted by atomic mass is 10.1. The SMILES string of the molecule is CC1(C)CC1C(=O)Nc1ccc([N+](=O)[O-])cc1. The second-order valence-electron chi connectivity index (χ2n) is 5.04. The van der Waals surface area contributed by atoms with Crippen molar-refractivity contribution in [1.82, 2.24) is 0 Å². The van der Waals surface area contributed by atoms with Crippen LogP contribution in [0.5, 0.6) is 0 Å². The number of nitro groups is 1. The van der Waals surface area contributed by atoms with Gasteiger partial charge in [0.2, 0.25) is 5.91 Å². The van der Waals surface area contributed by atoms with Crippen molar-refractivity contribution >= 4 is 17.3 Å². The van der Waals surface area contributed by atoms with Gasteiger partial charge in [-0.15, -0.1) is 0 Å². The summed E-state index contributed by atoms with van der Waals surface area (Å²) in [7, 11) is 0. The minimum Gasteiger partial charge on any atom is -0.326 e. The van der Waals surface area contributed by atoms with Gasteiger partial charge in [-0.05, 0) is 24.0 Å². The molecule has 1 aliphatic rings. The van der Waals surface area contributed by atoms with Crippen LogP contribution in [0.2, 0.25) is 0 Å². The number of hydrogen-bond acceptors (Lipinski definition) is 3. The van der Waals surface area contributed by atoms with Crippen LogP contribution in [0, 0.1) is 21.4 Å². The molecule has 1 atom stereocenters. The van der Waals surface area contributed by atoms with Gasteiger partial charge in [0, 0.05) is 23.7 Å². The summed E-state index contributed by atoms with van der Waals surface area (Å²) in [6.07, 6.45) is 0.895. The van der Waals surface area contributed by atoms with Crippen molar-refractivity contribution in [2.75, 3.05) is 5.32 Å². The third kappa shape index (κ3) is 2.43. The summed E-state index contributed by atoms with van der Waals surface area (Å²) in [5, 5.41) is 13.2. The van der Waals surface area contributed by atoms with E-state index in [1.54, 1.807) is 12.1 Å². The Morgan fingerprint density at radius 2 is 1.94 bits per heavy atom. The first-order valence-electron chi connectivity index (χ1n) is 5.45. The van der Waals surface area contributed by atoms with Crippen molar-refractivity contribution in [1.29, 1.82) is 0 Å². The number of hydrogen-bond donors (Lipinski definition) is 1.